The monoisotopic (exact) mass is 372 g/mol. The largest absolute Gasteiger partial charge is 0.454 e. The zero-order valence-electron chi connectivity index (χ0n) is 14.8. The molecule has 0 aromatic heterocycles. The standard InChI is InChI=1S/C23H16O5/c24-20(17-4-2-1-3-5-17)12-8-16-6-10-19(11-7-16)28-23(25)18-9-13-21-22(14-18)27-15-26-21/h1-14H,15H2. The van der Waals surface area contributed by atoms with Gasteiger partial charge in [-0.25, -0.2) is 4.79 Å². The van der Waals surface area contributed by atoms with Crippen LogP contribution in [0.5, 0.6) is 17.2 Å². The highest BCUT2D eigenvalue weighted by atomic mass is 16.7. The summed E-state index contributed by atoms with van der Waals surface area (Å²) in [5, 5.41) is 0. The van der Waals surface area contributed by atoms with Crippen molar-refractivity contribution in [2.24, 2.45) is 0 Å². The number of rotatable bonds is 5. The number of allylic oxidation sites excluding steroid dienone is 1. The first-order valence-electron chi connectivity index (χ1n) is 8.68. The van der Waals surface area contributed by atoms with E-state index in [0.29, 0.717) is 28.4 Å². The highest BCUT2D eigenvalue weighted by molar-refractivity contribution is 6.06. The number of hydrogen-bond donors (Lipinski definition) is 0. The molecule has 3 aromatic rings. The second kappa shape index (κ2) is 7.80. The van der Waals surface area contributed by atoms with Gasteiger partial charge in [-0.15, -0.1) is 0 Å². The maximum absolute atomic E-state index is 12.3. The molecule has 1 aliphatic heterocycles. The van der Waals surface area contributed by atoms with Gasteiger partial charge in [-0.05, 0) is 42.0 Å². The van der Waals surface area contributed by atoms with E-state index < -0.39 is 5.97 Å². The maximum atomic E-state index is 12.3. The quantitative estimate of drug-likeness (QED) is 0.285. The summed E-state index contributed by atoms with van der Waals surface area (Å²) < 4.78 is 15.9. The van der Waals surface area contributed by atoms with Crippen LogP contribution >= 0.6 is 0 Å². The zero-order chi connectivity index (χ0) is 19.3. The van der Waals surface area contributed by atoms with E-state index in [-0.39, 0.29) is 12.6 Å². The second-order valence-corrected chi connectivity index (χ2v) is 6.09. The second-order valence-electron chi connectivity index (χ2n) is 6.09. The highest BCUT2D eigenvalue weighted by Gasteiger charge is 2.17. The van der Waals surface area contributed by atoms with Crippen molar-refractivity contribution in [3.05, 3.63) is 95.6 Å². The Kier molecular flexibility index (Phi) is 4.89. The first kappa shape index (κ1) is 17.5. The van der Waals surface area contributed by atoms with Crippen molar-refractivity contribution in [1.82, 2.24) is 0 Å². The summed E-state index contributed by atoms with van der Waals surface area (Å²) in [7, 11) is 0. The number of carbonyl (C=O) groups is 2. The molecule has 0 saturated carbocycles. The molecule has 0 bridgehead atoms. The number of ether oxygens (including phenoxy) is 3. The predicted molar refractivity (Wildman–Crippen MR) is 104 cm³/mol. The average molecular weight is 372 g/mol. The summed E-state index contributed by atoms with van der Waals surface area (Å²) in [5.74, 6) is 0.990. The van der Waals surface area contributed by atoms with Gasteiger partial charge in [-0.3, -0.25) is 4.79 Å². The van der Waals surface area contributed by atoms with Gasteiger partial charge in [0.25, 0.3) is 0 Å². The summed E-state index contributed by atoms with van der Waals surface area (Å²) in [6, 6.07) is 20.9. The zero-order valence-corrected chi connectivity index (χ0v) is 14.8. The van der Waals surface area contributed by atoms with Crippen LogP contribution in [-0.4, -0.2) is 18.5 Å². The van der Waals surface area contributed by atoms with E-state index in [1.54, 1.807) is 60.7 Å². The van der Waals surface area contributed by atoms with Crippen LogP contribution < -0.4 is 14.2 Å². The van der Waals surface area contributed by atoms with Crippen LogP contribution in [0.1, 0.15) is 26.3 Å². The summed E-state index contributed by atoms with van der Waals surface area (Å²) in [6.45, 7) is 0.148. The molecule has 0 fully saturated rings. The molecule has 1 heterocycles. The molecule has 1 aliphatic rings. The Balaban J connectivity index is 1.40. The van der Waals surface area contributed by atoms with E-state index in [2.05, 4.69) is 0 Å². The lowest BCUT2D eigenvalue weighted by molar-refractivity contribution is 0.0734. The van der Waals surface area contributed by atoms with E-state index in [1.807, 2.05) is 18.2 Å². The van der Waals surface area contributed by atoms with Gasteiger partial charge in [0.2, 0.25) is 6.79 Å². The SMILES string of the molecule is O=C(C=Cc1ccc(OC(=O)c2ccc3c(c2)OCO3)cc1)c1ccccc1. The third-order valence-corrected chi connectivity index (χ3v) is 4.18. The van der Waals surface area contributed by atoms with Gasteiger partial charge in [0.05, 0.1) is 5.56 Å². The molecular formula is C23H16O5. The van der Waals surface area contributed by atoms with E-state index in [1.165, 1.54) is 6.08 Å². The minimum Gasteiger partial charge on any atom is -0.454 e. The lowest BCUT2D eigenvalue weighted by Gasteiger charge is -2.05. The molecule has 0 N–H and O–H groups in total. The van der Waals surface area contributed by atoms with Gasteiger partial charge in [0.1, 0.15) is 5.75 Å². The molecule has 3 aromatic carbocycles. The Morgan fingerprint density at radius 1 is 0.821 bits per heavy atom. The van der Waals surface area contributed by atoms with Crippen LogP contribution in [0.25, 0.3) is 6.08 Å². The van der Waals surface area contributed by atoms with Crippen LogP contribution in [0.3, 0.4) is 0 Å². The van der Waals surface area contributed by atoms with E-state index in [4.69, 9.17) is 14.2 Å². The molecule has 4 rings (SSSR count). The number of hydrogen-bond acceptors (Lipinski definition) is 5. The summed E-state index contributed by atoms with van der Waals surface area (Å²) >= 11 is 0. The van der Waals surface area contributed by atoms with Crippen molar-refractivity contribution in [2.75, 3.05) is 6.79 Å². The summed E-state index contributed by atoms with van der Waals surface area (Å²) in [6.07, 6.45) is 3.24. The van der Waals surface area contributed by atoms with Gasteiger partial charge in [0, 0.05) is 5.56 Å². The molecule has 138 valence electrons. The molecule has 5 heteroatoms. The third-order valence-electron chi connectivity index (χ3n) is 4.18. The van der Waals surface area contributed by atoms with Crippen molar-refractivity contribution in [1.29, 1.82) is 0 Å². The number of benzene rings is 3. The van der Waals surface area contributed by atoms with Gasteiger partial charge >= 0.3 is 5.97 Å². The van der Waals surface area contributed by atoms with Crippen molar-refractivity contribution in [2.45, 2.75) is 0 Å². The number of carbonyl (C=O) groups excluding carboxylic acids is 2. The Morgan fingerprint density at radius 2 is 1.57 bits per heavy atom. The fourth-order valence-electron chi connectivity index (χ4n) is 2.71. The minimum atomic E-state index is -0.485. The van der Waals surface area contributed by atoms with Crippen molar-refractivity contribution in [3.63, 3.8) is 0 Å². The molecule has 0 spiro atoms. The van der Waals surface area contributed by atoms with Crippen LogP contribution in [0.15, 0.2) is 78.9 Å². The molecule has 0 atom stereocenters. The highest BCUT2D eigenvalue weighted by Crippen LogP contribution is 2.32. The van der Waals surface area contributed by atoms with Gasteiger partial charge < -0.3 is 14.2 Å². The Hall–Kier alpha value is -3.86. The molecule has 0 saturated heterocycles. The summed E-state index contributed by atoms with van der Waals surface area (Å²) in [5.41, 5.74) is 1.84. The van der Waals surface area contributed by atoms with Crippen molar-refractivity contribution < 1.29 is 23.8 Å². The maximum Gasteiger partial charge on any atom is 0.343 e. The fraction of sp³-hybridized carbons (Fsp3) is 0.0435. The molecule has 5 nitrogen and oxygen atoms in total. The normalized spacial score (nSPS) is 12.1. The van der Waals surface area contributed by atoms with Crippen LogP contribution in [0.4, 0.5) is 0 Å². The van der Waals surface area contributed by atoms with Gasteiger partial charge in [-0.2, -0.15) is 0 Å². The van der Waals surface area contributed by atoms with Gasteiger partial charge in [-0.1, -0.05) is 48.5 Å². The molecular weight excluding hydrogens is 356 g/mol. The number of fused-ring (bicyclic) bond motifs is 1. The summed E-state index contributed by atoms with van der Waals surface area (Å²) in [4.78, 5) is 24.4. The van der Waals surface area contributed by atoms with E-state index in [9.17, 15) is 9.59 Å². The average Bonchev–Trinajstić information content (AvgIpc) is 3.21. The third kappa shape index (κ3) is 3.94. The van der Waals surface area contributed by atoms with Crippen LogP contribution in [-0.2, 0) is 0 Å². The molecule has 0 amide bonds. The fourth-order valence-corrected chi connectivity index (χ4v) is 2.71. The lowest BCUT2D eigenvalue weighted by atomic mass is 10.1. The molecule has 28 heavy (non-hydrogen) atoms. The minimum absolute atomic E-state index is 0.0705. The predicted octanol–water partition coefficient (Wildman–Crippen LogP) is 4.53. The van der Waals surface area contributed by atoms with Gasteiger partial charge in [0.15, 0.2) is 17.3 Å². The molecule has 0 unspecified atom stereocenters. The smallest absolute Gasteiger partial charge is 0.343 e. The Morgan fingerprint density at radius 3 is 2.36 bits per heavy atom. The molecule has 0 aliphatic carbocycles. The topological polar surface area (TPSA) is 61.8 Å². The first-order valence-corrected chi connectivity index (χ1v) is 8.68. The lowest BCUT2D eigenvalue weighted by Crippen LogP contribution is -2.08. The first-order chi connectivity index (χ1) is 13.7. The van der Waals surface area contributed by atoms with Crippen molar-refractivity contribution >= 4 is 17.8 Å². The van der Waals surface area contributed by atoms with Crippen LogP contribution in [0, 0.1) is 0 Å². The van der Waals surface area contributed by atoms with E-state index in [0.717, 1.165) is 5.56 Å². The number of esters is 1. The number of ketones is 1. The molecule has 0 radical (unpaired) electrons. The van der Waals surface area contributed by atoms with Crippen LogP contribution in [0.2, 0.25) is 0 Å². The van der Waals surface area contributed by atoms with Crippen molar-refractivity contribution in [3.8, 4) is 17.2 Å². The Bertz CT molecular complexity index is 1040. The Labute approximate surface area is 161 Å². The van der Waals surface area contributed by atoms with E-state index >= 15 is 0 Å².